The molecule has 0 aromatic carbocycles. The number of nitrogens with zero attached hydrogens (tertiary/aromatic N) is 6. The lowest BCUT2D eigenvalue weighted by Crippen LogP contribution is -2.18. The Morgan fingerprint density at radius 2 is 1.85 bits per heavy atom. The molecule has 0 N–H and O–H groups in total. The van der Waals surface area contributed by atoms with Crippen molar-refractivity contribution in [3.8, 4) is 11.6 Å². The summed E-state index contributed by atoms with van der Waals surface area (Å²) in [6.45, 7) is 2.04. The number of aryl methyl sites for hydroxylation is 1. The molecule has 0 radical (unpaired) electrons. The normalized spacial score (nSPS) is 10.7. The maximum absolute atomic E-state index is 11.7. The number of aromatic nitrogens is 6. The SMILES string of the molecule is Cc1cnc(Cn2c(-c3ncccn3)noc2=O)nc1. The van der Waals surface area contributed by atoms with Gasteiger partial charge in [0.25, 0.3) is 0 Å². The van der Waals surface area contributed by atoms with Gasteiger partial charge in [-0.2, -0.15) is 0 Å². The molecule has 0 aliphatic rings. The summed E-state index contributed by atoms with van der Waals surface area (Å²) in [5, 5.41) is 3.69. The van der Waals surface area contributed by atoms with E-state index in [9.17, 15) is 4.79 Å². The van der Waals surface area contributed by atoms with Crippen molar-refractivity contribution in [1.82, 2.24) is 29.7 Å². The molecule has 3 rings (SSSR count). The van der Waals surface area contributed by atoms with Crippen LogP contribution in [0.15, 0.2) is 40.2 Å². The molecule has 0 aliphatic carbocycles. The van der Waals surface area contributed by atoms with Crippen LogP contribution in [0.3, 0.4) is 0 Å². The fourth-order valence-corrected chi connectivity index (χ4v) is 1.63. The van der Waals surface area contributed by atoms with Crippen molar-refractivity contribution in [2.24, 2.45) is 0 Å². The number of hydrogen-bond acceptors (Lipinski definition) is 7. The molecule has 3 aromatic heterocycles. The van der Waals surface area contributed by atoms with Crippen molar-refractivity contribution < 1.29 is 4.52 Å². The lowest BCUT2D eigenvalue weighted by Gasteiger charge is -2.02. The van der Waals surface area contributed by atoms with Gasteiger partial charge >= 0.3 is 5.76 Å². The minimum atomic E-state index is -0.600. The highest BCUT2D eigenvalue weighted by Crippen LogP contribution is 2.09. The summed E-state index contributed by atoms with van der Waals surface area (Å²) < 4.78 is 5.96. The van der Waals surface area contributed by atoms with E-state index in [0.29, 0.717) is 11.6 Å². The summed E-state index contributed by atoms with van der Waals surface area (Å²) >= 11 is 0. The zero-order valence-corrected chi connectivity index (χ0v) is 10.6. The summed E-state index contributed by atoms with van der Waals surface area (Å²) in [4.78, 5) is 28.1. The first-order valence-electron chi connectivity index (χ1n) is 5.85. The van der Waals surface area contributed by atoms with Crippen LogP contribution in [-0.4, -0.2) is 29.7 Å². The molecule has 0 fully saturated rings. The highest BCUT2D eigenvalue weighted by Gasteiger charge is 2.16. The molecule has 0 unspecified atom stereocenters. The molecule has 0 aliphatic heterocycles. The van der Waals surface area contributed by atoms with Crippen LogP contribution in [-0.2, 0) is 6.54 Å². The van der Waals surface area contributed by atoms with E-state index < -0.39 is 5.76 Å². The average Bonchev–Trinajstić information content (AvgIpc) is 2.84. The minimum Gasteiger partial charge on any atom is -0.295 e. The molecule has 0 atom stereocenters. The van der Waals surface area contributed by atoms with Gasteiger partial charge in [0.05, 0.1) is 6.54 Å². The van der Waals surface area contributed by atoms with Crippen LogP contribution in [0.1, 0.15) is 11.4 Å². The summed E-state index contributed by atoms with van der Waals surface area (Å²) in [7, 11) is 0. The van der Waals surface area contributed by atoms with Gasteiger partial charge in [-0.3, -0.25) is 4.52 Å². The van der Waals surface area contributed by atoms with E-state index in [4.69, 9.17) is 0 Å². The van der Waals surface area contributed by atoms with Gasteiger partial charge in [-0.15, -0.1) is 0 Å². The Kier molecular flexibility index (Phi) is 3.04. The first kappa shape index (κ1) is 12.2. The zero-order chi connectivity index (χ0) is 13.9. The Labute approximate surface area is 113 Å². The van der Waals surface area contributed by atoms with Crippen molar-refractivity contribution in [2.75, 3.05) is 0 Å². The second-order valence-corrected chi connectivity index (χ2v) is 4.11. The van der Waals surface area contributed by atoms with Gasteiger partial charge in [0.15, 0.2) is 5.82 Å². The second kappa shape index (κ2) is 5.00. The van der Waals surface area contributed by atoms with Gasteiger partial charge in [-0.1, -0.05) is 5.16 Å². The third kappa shape index (κ3) is 2.30. The average molecular weight is 270 g/mol. The summed E-state index contributed by atoms with van der Waals surface area (Å²) in [6.07, 6.45) is 6.49. The molecular weight excluding hydrogens is 260 g/mol. The fourth-order valence-electron chi connectivity index (χ4n) is 1.63. The van der Waals surface area contributed by atoms with Gasteiger partial charge < -0.3 is 0 Å². The van der Waals surface area contributed by atoms with Gasteiger partial charge in [0.1, 0.15) is 5.82 Å². The Hall–Kier alpha value is -2.90. The van der Waals surface area contributed by atoms with Crippen LogP contribution in [0.2, 0.25) is 0 Å². The maximum atomic E-state index is 11.7. The van der Waals surface area contributed by atoms with Crippen LogP contribution < -0.4 is 5.76 Å². The van der Waals surface area contributed by atoms with E-state index in [0.717, 1.165) is 5.56 Å². The quantitative estimate of drug-likeness (QED) is 0.680. The molecule has 0 saturated heterocycles. The van der Waals surface area contributed by atoms with Gasteiger partial charge in [-0.05, 0) is 18.6 Å². The predicted octanol–water partition coefficient (Wildman–Crippen LogP) is 0.440. The van der Waals surface area contributed by atoms with E-state index in [2.05, 4.69) is 29.6 Å². The topological polar surface area (TPSA) is 99.6 Å². The summed E-state index contributed by atoms with van der Waals surface area (Å²) in [5.41, 5.74) is 0.943. The first-order chi connectivity index (χ1) is 9.74. The molecule has 0 bridgehead atoms. The van der Waals surface area contributed by atoms with E-state index >= 15 is 0 Å². The highest BCUT2D eigenvalue weighted by atomic mass is 16.5. The minimum absolute atomic E-state index is 0.149. The van der Waals surface area contributed by atoms with E-state index in [1.165, 1.54) is 4.57 Å². The summed E-state index contributed by atoms with van der Waals surface area (Å²) in [6, 6.07) is 1.68. The van der Waals surface area contributed by atoms with Crippen LogP contribution >= 0.6 is 0 Å². The maximum Gasteiger partial charge on any atom is 0.442 e. The highest BCUT2D eigenvalue weighted by molar-refractivity contribution is 5.41. The Balaban J connectivity index is 2.00. The van der Waals surface area contributed by atoms with Crippen LogP contribution in [0.25, 0.3) is 11.6 Å². The zero-order valence-electron chi connectivity index (χ0n) is 10.6. The molecule has 0 spiro atoms. The van der Waals surface area contributed by atoms with Crippen molar-refractivity contribution in [2.45, 2.75) is 13.5 Å². The molecule has 8 nitrogen and oxygen atoms in total. The van der Waals surface area contributed by atoms with Gasteiger partial charge in [0, 0.05) is 24.8 Å². The molecule has 8 heteroatoms. The lowest BCUT2D eigenvalue weighted by molar-refractivity contribution is 0.377. The standard InChI is InChI=1S/C12H10N6O2/c1-8-5-15-9(16-6-8)7-18-11(17-20-12(18)19)10-13-3-2-4-14-10/h2-6H,7H2,1H3. The van der Waals surface area contributed by atoms with Crippen molar-refractivity contribution in [1.29, 1.82) is 0 Å². The molecule has 100 valence electrons. The number of hydrogen-bond donors (Lipinski definition) is 0. The van der Waals surface area contributed by atoms with E-state index in [-0.39, 0.29) is 12.4 Å². The predicted molar refractivity (Wildman–Crippen MR) is 67.7 cm³/mol. The Morgan fingerprint density at radius 3 is 2.55 bits per heavy atom. The largest absolute Gasteiger partial charge is 0.442 e. The lowest BCUT2D eigenvalue weighted by atomic mass is 10.4. The van der Waals surface area contributed by atoms with Crippen LogP contribution in [0, 0.1) is 6.92 Å². The van der Waals surface area contributed by atoms with E-state index in [1.807, 2.05) is 6.92 Å². The second-order valence-electron chi connectivity index (χ2n) is 4.11. The molecular formula is C12H10N6O2. The smallest absolute Gasteiger partial charge is 0.295 e. The third-order valence-corrected chi connectivity index (χ3v) is 2.59. The fraction of sp³-hybridized carbons (Fsp3) is 0.167. The van der Waals surface area contributed by atoms with Crippen molar-refractivity contribution in [3.63, 3.8) is 0 Å². The van der Waals surface area contributed by atoms with Gasteiger partial charge in [-0.25, -0.2) is 29.3 Å². The van der Waals surface area contributed by atoms with Gasteiger partial charge in [0.2, 0.25) is 5.82 Å². The van der Waals surface area contributed by atoms with Crippen LogP contribution in [0.5, 0.6) is 0 Å². The molecule has 3 aromatic rings. The molecule has 0 saturated carbocycles. The molecule has 0 amide bonds. The number of rotatable bonds is 3. The monoisotopic (exact) mass is 270 g/mol. The van der Waals surface area contributed by atoms with E-state index in [1.54, 1.807) is 30.9 Å². The van der Waals surface area contributed by atoms with Crippen molar-refractivity contribution >= 4 is 0 Å². The third-order valence-electron chi connectivity index (χ3n) is 2.59. The first-order valence-corrected chi connectivity index (χ1v) is 5.85. The molecule has 3 heterocycles. The Bertz CT molecular complexity index is 763. The Morgan fingerprint density at radius 1 is 1.15 bits per heavy atom. The van der Waals surface area contributed by atoms with Crippen molar-refractivity contribution in [3.05, 3.63) is 52.8 Å². The molecule has 20 heavy (non-hydrogen) atoms. The summed E-state index contributed by atoms with van der Waals surface area (Å²) in [5.74, 6) is 0.444. The van der Waals surface area contributed by atoms with Crippen LogP contribution in [0.4, 0.5) is 0 Å².